The number of anilines is 2. The highest BCUT2D eigenvalue weighted by atomic mass is 32.2. The first-order valence-electron chi connectivity index (χ1n) is 14.0. The summed E-state index contributed by atoms with van der Waals surface area (Å²) in [6.45, 7) is 6.35. The lowest BCUT2D eigenvalue weighted by Gasteiger charge is -2.40. The van der Waals surface area contributed by atoms with Crippen LogP contribution in [0.4, 0.5) is 15.9 Å². The van der Waals surface area contributed by atoms with Crippen LogP contribution in [0.25, 0.3) is 28.1 Å². The molecule has 1 aliphatic heterocycles. The molecule has 1 saturated heterocycles. The number of piperazine rings is 1. The number of carbonyl (C=O) groups excluding carboxylic acids is 1. The van der Waals surface area contributed by atoms with Gasteiger partial charge in [-0.3, -0.25) is 9.78 Å². The molecule has 0 unspecified atom stereocenters. The normalized spacial score (nSPS) is 17.5. The summed E-state index contributed by atoms with van der Waals surface area (Å²) in [5.74, 6) is -0.873. The third kappa shape index (κ3) is 4.96. The van der Waals surface area contributed by atoms with Crippen LogP contribution < -0.4 is 16.3 Å². The maximum Gasteiger partial charge on any atom is 0.355 e. The second kappa shape index (κ2) is 11.0. The number of nitrogens with two attached hydrogens (primary N) is 1. The van der Waals surface area contributed by atoms with Gasteiger partial charge in [0, 0.05) is 44.3 Å². The van der Waals surface area contributed by atoms with Gasteiger partial charge in [-0.15, -0.1) is 0 Å². The van der Waals surface area contributed by atoms with Crippen molar-refractivity contribution in [1.82, 2.24) is 34.4 Å². The Kier molecular flexibility index (Phi) is 7.35. The van der Waals surface area contributed by atoms with E-state index in [4.69, 9.17) is 5.73 Å². The summed E-state index contributed by atoms with van der Waals surface area (Å²) in [5.41, 5.74) is 5.75. The summed E-state index contributed by atoms with van der Waals surface area (Å²) in [5, 5.41) is 0.171. The molecule has 1 atom stereocenters. The minimum atomic E-state index is -3.89. The molecule has 228 valence electrons. The van der Waals surface area contributed by atoms with Gasteiger partial charge in [-0.25, -0.2) is 37.1 Å². The van der Waals surface area contributed by atoms with Crippen LogP contribution >= 0.6 is 0 Å². The summed E-state index contributed by atoms with van der Waals surface area (Å²) in [7, 11) is -3.89. The fraction of sp³-hybridized carbons (Fsp3) is 0.345. The summed E-state index contributed by atoms with van der Waals surface area (Å²) < 4.78 is 43.2. The Balaban J connectivity index is 1.67. The van der Waals surface area contributed by atoms with E-state index in [0.29, 0.717) is 25.2 Å². The predicted octanol–water partition coefficient (Wildman–Crippen LogP) is 2.25. The highest BCUT2D eigenvalue weighted by Crippen LogP contribution is 2.41. The minimum absolute atomic E-state index is 0.0129. The fourth-order valence-corrected chi connectivity index (χ4v) is 6.62. The summed E-state index contributed by atoms with van der Waals surface area (Å²) >= 11 is 0. The van der Waals surface area contributed by atoms with E-state index in [1.165, 1.54) is 30.9 Å². The van der Waals surface area contributed by atoms with Crippen LogP contribution in [0.15, 0.2) is 53.3 Å². The first-order valence-corrected chi connectivity index (χ1v) is 15.9. The number of fused-ring (bicyclic) bond motifs is 1. The second-order valence-corrected chi connectivity index (χ2v) is 13.1. The minimum Gasteiger partial charge on any atom is -0.396 e. The lowest BCUT2D eigenvalue weighted by Crippen LogP contribution is -2.54. The zero-order chi connectivity index (χ0) is 31.3. The quantitative estimate of drug-likeness (QED) is 0.314. The SMILES string of the molecule is C=CC(=O)N1CCN(c2nc(=O)n(-c3c(C4CCC4)cncc3S(C)(=O)=O)c3nc(-c4ncncc4N)c(F)cc23)[C@@H](C)C1. The molecule has 0 bridgehead atoms. The molecule has 6 rings (SSSR count). The van der Waals surface area contributed by atoms with E-state index >= 15 is 4.39 Å². The molecule has 2 aliphatic rings. The molecular weight excluding hydrogens is 589 g/mol. The third-order valence-corrected chi connectivity index (χ3v) is 9.33. The first kappa shape index (κ1) is 29.3. The molecule has 4 aromatic rings. The second-order valence-electron chi connectivity index (χ2n) is 11.1. The average molecular weight is 620 g/mol. The Morgan fingerprint density at radius 2 is 1.91 bits per heavy atom. The van der Waals surface area contributed by atoms with Gasteiger partial charge >= 0.3 is 5.69 Å². The van der Waals surface area contributed by atoms with Crippen molar-refractivity contribution >= 4 is 38.3 Å². The van der Waals surface area contributed by atoms with Gasteiger partial charge in [0.05, 0.1) is 23.0 Å². The van der Waals surface area contributed by atoms with Crippen molar-refractivity contribution in [2.45, 2.75) is 43.0 Å². The van der Waals surface area contributed by atoms with Crippen LogP contribution in [0.5, 0.6) is 0 Å². The lowest BCUT2D eigenvalue weighted by molar-refractivity contribution is -0.126. The molecule has 15 heteroatoms. The molecular formula is C29H30FN9O4S. The molecule has 1 amide bonds. The molecule has 1 saturated carbocycles. The van der Waals surface area contributed by atoms with Crippen LogP contribution in [0.1, 0.15) is 37.7 Å². The van der Waals surface area contributed by atoms with Gasteiger partial charge in [-0.1, -0.05) is 13.0 Å². The van der Waals surface area contributed by atoms with Gasteiger partial charge in [-0.05, 0) is 43.4 Å². The number of amides is 1. The molecule has 0 spiro atoms. The Morgan fingerprint density at radius 1 is 1.14 bits per heavy atom. The first-order chi connectivity index (χ1) is 21.0. The monoisotopic (exact) mass is 619 g/mol. The van der Waals surface area contributed by atoms with E-state index in [1.807, 2.05) is 11.8 Å². The van der Waals surface area contributed by atoms with Crippen molar-refractivity contribution in [3.8, 4) is 17.1 Å². The molecule has 0 radical (unpaired) electrons. The number of aromatic nitrogens is 6. The number of sulfone groups is 1. The molecule has 13 nitrogen and oxygen atoms in total. The Bertz CT molecular complexity index is 2000. The van der Waals surface area contributed by atoms with E-state index in [9.17, 15) is 18.0 Å². The smallest absolute Gasteiger partial charge is 0.355 e. The third-order valence-electron chi connectivity index (χ3n) is 8.23. The summed E-state index contributed by atoms with van der Waals surface area (Å²) in [6.07, 6.45) is 10.1. The number of pyridine rings is 2. The van der Waals surface area contributed by atoms with Gasteiger partial charge in [0.15, 0.2) is 21.3 Å². The van der Waals surface area contributed by atoms with E-state index in [-0.39, 0.29) is 62.4 Å². The lowest BCUT2D eigenvalue weighted by atomic mass is 9.80. The fourth-order valence-electron chi connectivity index (χ4n) is 5.81. The molecule has 2 fully saturated rings. The number of carbonyl (C=O) groups is 1. The number of nitrogen functional groups attached to an aromatic ring is 1. The molecule has 5 heterocycles. The Labute approximate surface area is 252 Å². The van der Waals surface area contributed by atoms with Crippen LogP contribution in [0.3, 0.4) is 0 Å². The number of rotatable bonds is 6. The van der Waals surface area contributed by atoms with Gasteiger partial charge in [0.25, 0.3) is 0 Å². The van der Waals surface area contributed by atoms with E-state index in [2.05, 4.69) is 31.5 Å². The van der Waals surface area contributed by atoms with E-state index < -0.39 is 21.3 Å². The van der Waals surface area contributed by atoms with E-state index in [0.717, 1.165) is 30.1 Å². The molecule has 1 aliphatic carbocycles. The standard InChI is InChI=1S/C29H30FN9O4S/c1-4-23(40)37-8-9-38(16(2)14-37)27-18-10-20(30)24(25-21(31)12-33-15-34-25)35-28(18)39(29(41)36-27)26-19(17-6-5-7-17)11-32-13-22(26)44(3,42)43/h4,10-13,15-17H,1,5-9,14,31H2,2-3H3/t16-/m0/s1. The van der Waals surface area contributed by atoms with Crippen molar-refractivity contribution in [2.24, 2.45) is 0 Å². The Hall–Kier alpha value is -4.79. The van der Waals surface area contributed by atoms with Crippen LogP contribution in [0.2, 0.25) is 0 Å². The maximum absolute atomic E-state index is 15.9. The van der Waals surface area contributed by atoms with E-state index in [1.54, 1.807) is 11.1 Å². The average Bonchev–Trinajstić information content (AvgIpc) is 2.95. The largest absolute Gasteiger partial charge is 0.396 e. The van der Waals surface area contributed by atoms with Crippen LogP contribution in [-0.2, 0) is 14.6 Å². The van der Waals surface area contributed by atoms with Gasteiger partial charge in [-0.2, -0.15) is 4.98 Å². The van der Waals surface area contributed by atoms with Crippen molar-refractivity contribution < 1.29 is 17.6 Å². The highest BCUT2D eigenvalue weighted by molar-refractivity contribution is 7.90. The zero-order valence-electron chi connectivity index (χ0n) is 24.1. The molecule has 0 aromatic carbocycles. The van der Waals surface area contributed by atoms with Crippen molar-refractivity contribution in [3.63, 3.8) is 0 Å². The summed E-state index contributed by atoms with van der Waals surface area (Å²) in [6, 6.07) is 0.896. The molecule has 2 N–H and O–H groups in total. The number of hydrogen-bond donors (Lipinski definition) is 1. The van der Waals surface area contributed by atoms with Crippen molar-refractivity contribution in [2.75, 3.05) is 36.5 Å². The van der Waals surface area contributed by atoms with Crippen LogP contribution in [0, 0.1) is 5.82 Å². The number of nitrogens with zero attached hydrogens (tertiary/aromatic N) is 8. The number of halogens is 1. The van der Waals surface area contributed by atoms with Crippen molar-refractivity contribution in [1.29, 1.82) is 0 Å². The molecule has 44 heavy (non-hydrogen) atoms. The topological polar surface area (TPSA) is 170 Å². The highest BCUT2D eigenvalue weighted by Gasteiger charge is 2.33. The maximum atomic E-state index is 15.9. The van der Waals surface area contributed by atoms with Crippen LogP contribution in [-0.4, -0.2) is 80.6 Å². The summed E-state index contributed by atoms with van der Waals surface area (Å²) in [4.78, 5) is 50.9. The Morgan fingerprint density at radius 3 is 2.55 bits per heavy atom. The number of hydrogen-bond acceptors (Lipinski definition) is 11. The van der Waals surface area contributed by atoms with Gasteiger partial charge in [0.2, 0.25) is 5.91 Å². The predicted molar refractivity (Wildman–Crippen MR) is 162 cm³/mol. The van der Waals surface area contributed by atoms with Gasteiger partial charge < -0.3 is 15.5 Å². The van der Waals surface area contributed by atoms with Crippen molar-refractivity contribution in [3.05, 3.63) is 65.5 Å². The zero-order valence-corrected chi connectivity index (χ0v) is 25.0. The molecule has 4 aromatic heterocycles. The van der Waals surface area contributed by atoms with Gasteiger partial charge in [0.1, 0.15) is 28.4 Å².